The Balaban J connectivity index is 2.35. The lowest BCUT2D eigenvalue weighted by Gasteiger charge is -2.25. The maximum absolute atomic E-state index is 13.3. The summed E-state index contributed by atoms with van der Waals surface area (Å²) >= 11 is 0. The fourth-order valence-corrected chi connectivity index (χ4v) is 2.57. The van der Waals surface area contributed by atoms with Gasteiger partial charge in [-0.25, -0.2) is 4.39 Å². The van der Waals surface area contributed by atoms with E-state index in [2.05, 4.69) is 5.32 Å². The third kappa shape index (κ3) is 2.25. The van der Waals surface area contributed by atoms with Crippen LogP contribution in [0.2, 0.25) is 0 Å². The largest absolute Gasteiger partial charge is 0.316 e. The van der Waals surface area contributed by atoms with Crippen LogP contribution in [0.15, 0.2) is 18.2 Å². The molecule has 0 saturated carbocycles. The van der Waals surface area contributed by atoms with Gasteiger partial charge in [0.05, 0.1) is 0 Å². The van der Waals surface area contributed by atoms with E-state index in [1.54, 1.807) is 6.07 Å². The van der Waals surface area contributed by atoms with E-state index in [0.29, 0.717) is 12.1 Å². The molecule has 1 atom stereocenters. The van der Waals surface area contributed by atoms with Crippen LogP contribution in [0.1, 0.15) is 35.7 Å². The zero-order valence-corrected chi connectivity index (χ0v) is 10.3. The van der Waals surface area contributed by atoms with Crippen molar-refractivity contribution in [2.24, 2.45) is 5.41 Å². The van der Waals surface area contributed by atoms with E-state index in [1.807, 2.05) is 13.8 Å². The average Bonchev–Trinajstić information content (AvgIpc) is 2.76. The van der Waals surface area contributed by atoms with Gasteiger partial charge in [0.1, 0.15) is 5.82 Å². The Hall–Kier alpha value is -1.22. The number of Topliss-reactive ketones (excluding diaryl/α,β-unsaturated/α-hetero) is 1. The molecule has 0 amide bonds. The molecule has 1 aliphatic heterocycles. The predicted octanol–water partition coefficient (Wildman–Crippen LogP) is 2.71. The summed E-state index contributed by atoms with van der Waals surface area (Å²) in [5.74, 6) is -0.252. The van der Waals surface area contributed by atoms with E-state index in [-0.39, 0.29) is 17.0 Å². The van der Waals surface area contributed by atoms with Crippen LogP contribution < -0.4 is 5.32 Å². The molecule has 0 aromatic heterocycles. The van der Waals surface area contributed by atoms with Gasteiger partial charge in [-0.05, 0) is 50.1 Å². The van der Waals surface area contributed by atoms with Gasteiger partial charge in [-0.2, -0.15) is 0 Å². The number of nitrogens with one attached hydrogen (secondary N) is 1. The molecule has 1 unspecified atom stereocenters. The van der Waals surface area contributed by atoms with Crippen LogP contribution in [0.3, 0.4) is 0 Å². The maximum Gasteiger partial charge on any atom is 0.170 e. The lowest BCUT2D eigenvalue weighted by atomic mass is 9.77. The number of aryl methyl sites for hydroxylation is 1. The van der Waals surface area contributed by atoms with Crippen molar-refractivity contribution in [2.75, 3.05) is 13.1 Å². The summed E-state index contributed by atoms with van der Waals surface area (Å²) in [6.07, 6.45) is 1.65. The molecular formula is C14H18FNO. The van der Waals surface area contributed by atoms with Crippen molar-refractivity contribution in [3.63, 3.8) is 0 Å². The summed E-state index contributed by atoms with van der Waals surface area (Å²) in [6.45, 7) is 5.41. The van der Waals surface area contributed by atoms with Gasteiger partial charge in [0.2, 0.25) is 0 Å². The van der Waals surface area contributed by atoms with Crippen molar-refractivity contribution >= 4 is 5.78 Å². The van der Waals surface area contributed by atoms with Crippen molar-refractivity contribution in [2.45, 2.75) is 26.7 Å². The summed E-state index contributed by atoms with van der Waals surface area (Å²) in [5, 5.41) is 3.23. The van der Waals surface area contributed by atoms with E-state index in [0.717, 1.165) is 24.9 Å². The summed E-state index contributed by atoms with van der Waals surface area (Å²) in [5.41, 5.74) is 0.971. The van der Waals surface area contributed by atoms with Crippen molar-refractivity contribution in [3.05, 3.63) is 35.1 Å². The highest BCUT2D eigenvalue weighted by atomic mass is 19.1. The van der Waals surface area contributed by atoms with Crippen LogP contribution in [-0.4, -0.2) is 18.9 Å². The van der Waals surface area contributed by atoms with E-state index < -0.39 is 0 Å². The number of halogens is 1. The molecule has 1 fully saturated rings. The Morgan fingerprint density at radius 2 is 2.24 bits per heavy atom. The Kier molecular flexibility index (Phi) is 3.29. The first-order valence-corrected chi connectivity index (χ1v) is 6.10. The number of hydrogen-bond donors (Lipinski definition) is 1. The van der Waals surface area contributed by atoms with E-state index >= 15 is 0 Å². The number of hydrogen-bond acceptors (Lipinski definition) is 2. The van der Waals surface area contributed by atoms with Crippen LogP contribution in [0.5, 0.6) is 0 Å². The second kappa shape index (κ2) is 4.57. The second-order valence-electron chi connectivity index (χ2n) is 4.91. The lowest BCUT2D eigenvalue weighted by Crippen LogP contribution is -2.33. The van der Waals surface area contributed by atoms with Crippen LogP contribution in [0.4, 0.5) is 4.39 Å². The summed E-state index contributed by atoms with van der Waals surface area (Å²) in [4.78, 5) is 12.5. The van der Waals surface area contributed by atoms with Crippen LogP contribution in [0.25, 0.3) is 0 Å². The molecule has 1 saturated heterocycles. The molecule has 3 heteroatoms. The average molecular weight is 235 g/mol. The predicted molar refractivity (Wildman–Crippen MR) is 65.7 cm³/mol. The minimum Gasteiger partial charge on any atom is -0.316 e. The quantitative estimate of drug-likeness (QED) is 0.816. The molecule has 0 bridgehead atoms. The van der Waals surface area contributed by atoms with Gasteiger partial charge in [-0.15, -0.1) is 0 Å². The van der Waals surface area contributed by atoms with Gasteiger partial charge in [0.15, 0.2) is 5.78 Å². The maximum atomic E-state index is 13.3. The van der Waals surface area contributed by atoms with Gasteiger partial charge in [-0.1, -0.05) is 6.92 Å². The van der Waals surface area contributed by atoms with Crippen molar-refractivity contribution in [1.82, 2.24) is 5.32 Å². The fraction of sp³-hybridized carbons (Fsp3) is 0.500. The monoisotopic (exact) mass is 235 g/mol. The number of ketones is 1. The normalized spacial score (nSPS) is 23.9. The first-order valence-electron chi connectivity index (χ1n) is 6.10. The first-order chi connectivity index (χ1) is 8.07. The van der Waals surface area contributed by atoms with Gasteiger partial charge >= 0.3 is 0 Å². The number of carbonyl (C=O) groups is 1. The number of carbonyl (C=O) groups excluding carboxylic acids is 1. The third-order valence-corrected chi connectivity index (χ3v) is 3.71. The zero-order valence-electron chi connectivity index (χ0n) is 10.3. The Morgan fingerprint density at radius 3 is 2.76 bits per heavy atom. The Labute approximate surface area is 101 Å². The fourth-order valence-electron chi connectivity index (χ4n) is 2.57. The molecule has 0 radical (unpaired) electrons. The molecule has 1 aliphatic rings. The van der Waals surface area contributed by atoms with Crippen LogP contribution in [-0.2, 0) is 0 Å². The van der Waals surface area contributed by atoms with E-state index in [9.17, 15) is 9.18 Å². The molecule has 1 heterocycles. The second-order valence-corrected chi connectivity index (χ2v) is 4.91. The molecule has 0 aliphatic carbocycles. The molecule has 1 N–H and O–H groups in total. The molecule has 2 nitrogen and oxygen atoms in total. The van der Waals surface area contributed by atoms with Crippen molar-refractivity contribution in [3.8, 4) is 0 Å². The summed E-state index contributed by atoms with van der Waals surface area (Å²) in [6, 6.07) is 4.58. The van der Waals surface area contributed by atoms with Gasteiger partial charge in [0.25, 0.3) is 0 Å². The SMILES string of the molecule is CCC1(C(=O)c2cc(C)cc(F)c2)CCNC1. The minimum atomic E-state index is -0.333. The molecule has 2 rings (SSSR count). The molecule has 92 valence electrons. The minimum absolute atomic E-state index is 0.0765. The van der Waals surface area contributed by atoms with E-state index in [1.165, 1.54) is 12.1 Å². The molecule has 1 aromatic carbocycles. The third-order valence-electron chi connectivity index (χ3n) is 3.71. The Bertz CT molecular complexity index is 416. The highest BCUT2D eigenvalue weighted by Gasteiger charge is 2.39. The smallest absolute Gasteiger partial charge is 0.170 e. The molecular weight excluding hydrogens is 217 g/mol. The van der Waals surface area contributed by atoms with Crippen LogP contribution in [0, 0.1) is 18.2 Å². The highest BCUT2D eigenvalue weighted by Crippen LogP contribution is 2.33. The molecule has 0 spiro atoms. The van der Waals surface area contributed by atoms with Gasteiger partial charge < -0.3 is 5.32 Å². The Morgan fingerprint density at radius 1 is 1.47 bits per heavy atom. The van der Waals surface area contributed by atoms with Crippen LogP contribution >= 0.6 is 0 Å². The van der Waals surface area contributed by atoms with Crippen molar-refractivity contribution in [1.29, 1.82) is 0 Å². The number of rotatable bonds is 3. The topological polar surface area (TPSA) is 29.1 Å². The summed E-state index contributed by atoms with van der Waals surface area (Å²) in [7, 11) is 0. The van der Waals surface area contributed by atoms with Crippen molar-refractivity contribution < 1.29 is 9.18 Å². The number of benzene rings is 1. The lowest BCUT2D eigenvalue weighted by molar-refractivity contribution is 0.0810. The standard InChI is InChI=1S/C14H18FNO/c1-3-14(4-5-16-9-14)13(17)11-6-10(2)7-12(15)8-11/h6-8,16H,3-5,9H2,1-2H3. The van der Waals surface area contributed by atoms with Gasteiger partial charge in [0, 0.05) is 17.5 Å². The van der Waals surface area contributed by atoms with E-state index in [4.69, 9.17) is 0 Å². The summed E-state index contributed by atoms with van der Waals surface area (Å²) < 4.78 is 13.3. The highest BCUT2D eigenvalue weighted by molar-refractivity contribution is 6.01. The molecule has 17 heavy (non-hydrogen) atoms. The first kappa shape index (κ1) is 12.2. The van der Waals surface area contributed by atoms with Gasteiger partial charge in [-0.3, -0.25) is 4.79 Å². The molecule has 1 aromatic rings. The zero-order chi connectivity index (χ0) is 12.5.